The van der Waals surface area contributed by atoms with Crippen LogP contribution in [-0.2, 0) is 0 Å². The molecule has 0 aliphatic rings. The van der Waals surface area contributed by atoms with E-state index in [0.29, 0.717) is 0 Å². The molecule has 0 spiro atoms. The number of rotatable bonds is 4. The average Bonchev–Trinajstić information content (AvgIpc) is 2.07. The van der Waals surface area contributed by atoms with Crippen LogP contribution in [0.25, 0.3) is 0 Å². The van der Waals surface area contributed by atoms with Gasteiger partial charge in [-0.2, -0.15) is 0 Å². The van der Waals surface area contributed by atoms with Crippen LogP contribution >= 0.6 is 0 Å². The van der Waals surface area contributed by atoms with Gasteiger partial charge >= 0.3 is 0 Å². The minimum absolute atomic E-state index is 0.759. The standard InChI is InChI=1S/C9H12N2/c1-10-7-8-11-9-5-3-2-4-6-9/h2-6,11H,1,7-8H2. The molecule has 0 atom stereocenters. The Hall–Kier alpha value is -1.31. The molecule has 0 radical (unpaired) electrons. The fraction of sp³-hybridized carbons (Fsp3) is 0.222. The Morgan fingerprint density at radius 3 is 2.64 bits per heavy atom. The van der Waals surface area contributed by atoms with E-state index in [4.69, 9.17) is 0 Å². The highest BCUT2D eigenvalue weighted by atomic mass is 14.9. The molecule has 0 aromatic heterocycles. The van der Waals surface area contributed by atoms with Crippen molar-refractivity contribution in [1.29, 1.82) is 0 Å². The molecular weight excluding hydrogens is 136 g/mol. The van der Waals surface area contributed by atoms with E-state index in [0.717, 1.165) is 18.8 Å². The number of nitrogens with one attached hydrogen (secondary N) is 1. The maximum Gasteiger partial charge on any atom is 0.0555 e. The van der Waals surface area contributed by atoms with Gasteiger partial charge in [-0.25, -0.2) is 0 Å². The van der Waals surface area contributed by atoms with E-state index in [2.05, 4.69) is 17.0 Å². The summed E-state index contributed by atoms with van der Waals surface area (Å²) < 4.78 is 0. The predicted octanol–water partition coefficient (Wildman–Crippen LogP) is 1.80. The number of nitrogens with zero attached hydrogens (tertiary/aromatic N) is 1. The fourth-order valence-corrected chi connectivity index (χ4v) is 0.835. The molecule has 0 aliphatic carbocycles. The Morgan fingerprint density at radius 1 is 1.27 bits per heavy atom. The summed E-state index contributed by atoms with van der Waals surface area (Å²) in [5.41, 5.74) is 1.14. The minimum Gasteiger partial charge on any atom is -0.383 e. The number of aliphatic imine (C=N–C) groups is 1. The maximum absolute atomic E-state index is 3.74. The van der Waals surface area contributed by atoms with E-state index in [-0.39, 0.29) is 0 Å². The van der Waals surface area contributed by atoms with Gasteiger partial charge in [-0.15, -0.1) is 0 Å². The number of hydrogen-bond acceptors (Lipinski definition) is 2. The van der Waals surface area contributed by atoms with Crippen LogP contribution in [0, 0.1) is 0 Å². The first-order chi connectivity index (χ1) is 5.43. The zero-order valence-corrected chi connectivity index (χ0v) is 6.46. The minimum atomic E-state index is 0.759. The molecule has 0 fully saturated rings. The molecule has 58 valence electrons. The molecule has 2 nitrogen and oxygen atoms in total. The Kier molecular flexibility index (Phi) is 3.19. The highest BCUT2D eigenvalue weighted by Crippen LogP contribution is 2.03. The topological polar surface area (TPSA) is 24.4 Å². The zero-order valence-electron chi connectivity index (χ0n) is 6.46. The quantitative estimate of drug-likeness (QED) is 0.511. The lowest BCUT2D eigenvalue weighted by Gasteiger charge is -2.02. The molecule has 1 aromatic carbocycles. The summed E-state index contributed by atoms with van der Waals surface area (Å²) in [4.78, 5) is 3.74. The third-order valence-corrected chi connectivity index (χ3v) is 1.37. The molecule has 0 aliphatic heterocycles. The van der Waals surface area contributed by atoms with Gasteiger partial charge in [0.25, 0.3) is 0 Å². The molecular formula is C9H12N2. The molecule has 0 unspecified atom stereocenters. The van der Waals surface area contributed by atoms with Crippen molar-refractivity contribution in [1.82, 2.24) is 0 Å². The summed E-state index contributed by atoms with van der Waals surface area (Å²) in [6, 6.07) is 10.1. The molecule has 2 heteroatoms. The summed E-state index contributed by atoms with van der Waals surface area (Å²) in [6.45, 7) is 5.02. The zero-order chi connectivity index (χ0) is 7.94. The van der Waals surface area contributed by atoms with Crippen LogP contribution in [0.2, 0.25) is 0 Å². The first-order valence-corrected chi connectivity index (χ1v) is 3.65. The van der Waals surface area contributed by atoms with E-state index in [1.807, 2.05) is 30.3 Å². The van der Waals surface area contributed by atoms with E-state index in [9.17, 15) is 0 Å². The number of anilines is 1. The lowest BCUT2D eigenvalue weighted by Crippen LogP contribution is -2.03. The van der Waals surface area contributed by atoms with Crippen LogP contribution in [0.1, 0.15) is 0 Å². The molecule has 0 saturated heterocycles. The second kappa shape index (κ2) is 4.50. The molecule has 0 saturated carbocycles. The van der Waals surface area contributed by atoms with Crippen LogP contribution in [0.5, 0.6) is 0 Å². The van der Waals surface area contributed by atoms with E-state index in [1.165, 1.54) is 0 Å². The molecule has 11 heavy (non-hydrogen) atoms. The fourth-order valence-electron chi connectivity index (χ4n) is 0.835. The van der Waals surface area contributed by atoms with Crippen molar-refractivity contribution in [2.24, 2.45) is 4.99 Å². The van der Waals surface area contributed by atoms with Gasteiger partial charge in [0.2, 0.25) is 0 Å². The first kappa shape index (κ1) is 7.79. The predicted molar refractivity (Wildman–Crippen MR) is 49.3 cm³/mol. The van der Waals surface area contributed by atoms with Gasteiger partial charge in [0.1, 0.15) is 0 Å². The van der Waals surface area contributed by atoms with Crippen molar-refractivity contribution >= 4 is 12.4 Å². The lowest BCUT2D eigenvalue weighted by atomic mass is 10.3. The third-order valence-electron chi connectivity index (χ3n) is 1.37. The average molecular weight is 148 g/mol. The van der Waals surface area contributed by atoms with Gasteiger partial charge in [0.15, 0.2) is 0 Å². The smallest absolute Gasteiger partial charge is 0.0555 e. The second-order valence-corrected chi connectivity index (χ2v) is 2.24. The highest BCUT2D eigenvalue weighted by molar-refractivity contribution is 5.42. The van der Waals surface area contributed by atoms with E-state index >= 15 is 0 Å². The number of para-hydroxylation sites is 1. The van der Waals surface area contributed by atoms with Gasteiger partial charge in [0, 0.05) is 12.2 Å². The Balaban J connectivity index is 2.33. The lowest BCUT2D eigenvalue weighted by molar-refractivity contribution is 1.03. The largest absolute Gasteiger partial charge is 0.383 e. The van der Waals surface area contributed by atoms with Gasteiger partial charge in [-0.1, -0.05) is 18.2 Å². The molecule has 0 bridgehead atoms. The van der Waals surface area contributed by atoms with Crippen LogP contribution in [0.3, 0.4) is 0 Å². The van der Waals surface area contributed by atoms with E-state index < -0.39 is 0 Å². The third kappa shape index (κ3) is 2.85. The van der Waals surface area contributed by atoms with Crippen LogP contribution in [-0.4, -0.2) is 19.8 Å². The normalized spacial score (nSPS) is 9.09. The molecule has 0 amide bonds. The van der Waals surface area contributed by atoms with Crippen LogP contribution in [0.4, 0.5) is 5.69 Å². The van der Waals surface area contributed by atoms with Crippen molar-refractivity contribution in [3.8, 4) is 0 Å². The molecule has 1 rings (SSSR count). The summed E-state index contributed by atoms with van der Waals surface area (Å²) in [6.07, 6.45) is 0. The summed E-state index contributed by atoms with van der Waals surface area (Å²) >= 11 is 0. The monoisotopic (exact) mass is 148 g/mol. The molecule has 1 aromatic rings. The molecule has 1 N–H and O–H groups in total. The van der Waals surface area contributed by atoms with Crippen molar-refractivity contribution in [3.05, 3.63) is 30.3 Å². The summed E-state index contributed by atoms with van der Waals surface area (Å²) in [5.74, 6) is 0. The van der Waals surface area contributed by atoms with Crippen molar-refractivity contribution in [3.63, 3.8) is 0 Å². The Labute approximate surface area is 67.0 Å². The SMILES string of the molecule is C=NCCNc1ccccc1. The Morgan fingerprint density at radius 2 is 2.00 bits per heavy atom. The van der Waals surface area contributed by atoms with Crippen LogP contribution < -0.4 is 5.32 Å². The molecule has 0 heterocycles. The van der Waals surface area contributed by atoms with Crippen LogP contribution in [0.15, 0.2) is 35.3 Å². The van der Waals surface area contributed by atoms with Crippen molar-refractivity contribution in [2.75, 3.05) is 18.4 Å². The summed E-state index contributed by atoms with van der Waals surface area (Å²) in [5, 5.41) is 3.21. The maximum atomic E-state index is 3.74. The van der Waals surface area contributed by atoms with Gasteiger partial charge in [-0.05, 0) is 18.9 Å². The second-order valence-electron chi connectivity index (χ2n) is 2.24. The number of hydrogen-bond donors (Lipinski definition) is 1. The van der Waals surface area contributed by atoms with Crippen molar-refractivity contribution < 1.29 is 0 Å². The number of benzene rings is 1. The Bertz CT molecular complexity index is 206. The van der Waals surface area contributed by atoms with E-state index in [1.54, 1.807) is 0 Å². The van der Waals surface area contributed by atoms with Crippen molar-refractivity contribution in [2.45, 2.75) is 0 Å². The highest BCUT2D eigenvalue weighted by Gasteiger charge is 1.85. The van der Waals surface area contributed by atoms with Gasteiger partial charge in [-0.3, -0.25) is 4.99 Å². The van der Waals surface area contributed by atoms with Gasteiger partial charge < -0.3 is 5.32 Å². The van der Waals surface area contributed by atoms with Gasteiger partial charge in [0.05, 0.1) is 6.54 Å². The first-order valence-electron chi connectivity index (χ1n) is 3.65. The summed E-state index contributed by atoms with van der Waals surface area (Å²) in [7, 11) is 0.